The highest BCUT2D eigenvalue weighted by atomic mass is 16.4. The van der Waals surface area contributed by atoms with E-state index in [1.807, 2.05) is 0 Å². The van der Waals surface area contributed by atoms with Crippen LogP contribution in [0.1, 0.15) is 24.8 Å². The van der Waals surface area contributed by atoms with E-state index in [4.69, 9.17) is 0 Å². The van der Waals surface area contributed by atoms with Gasteiger partial charge < -0.3 is 15.5 Å². The minimum Gasteiger partial charge on any atom is -0.508 e. The summed E-state index contributed by atoms with van der Waals surface area (Å²) < 4.78 is 0. The first kappa shape index (κ1) is 13.9. The lowest BCUT2D eigenvalue weighted by Gasteiger charge is -2.15. The number of aliphatic carboxylic acids is 1. The zero-order valence-electron chi connectivity index (χ0n) is 11.7. The van der Waals surface area contributed by atoms with E-state index in [1.165, 1.54) is 18.6 Å². The van der Waals surface area contributed by atoms with Gasteiger partial charge >= 0.3 is 5.97 Å². The normalized spacial score (nSPS) is 27.7. The second-order valence-corrected chi connectivity index (χ2v) is 6.05. The summed E-state index contributed by atoms with van der Waals surface area (Å²) in [4.78, 5) is 23.5. The van der Waals surface area contributed by atoms with Gasteiger partial charge in [-0.2, -0.15) is 0 Å². The number of aromatic hydroxyl groups is 1. The molecule has 0 spiro atoms. The molecule has 0 bridgehead atoms. The number of benzene rings is 1. The lowest BCUT2D eigenvalue weighted by molar-refractivity contribution is -0.142. The maximum atomic E-state index is 12.2. The van der Waals surface area contributed by atoms with Crippen molar-refractivity contribution in [1.29, 1.82) is 0 Å². The third-order valence-corrected chi connectivity index (χ3v) is 4.70. The van der Waals surface area contributed by atoms with Gasteiger partial charge in [0, 0.05) is 12.3 Å². The molecule has 2 aliphatic rings. The fourth-order valence-electron chi connectivity index (χ4n) is 3.55. The van der Waals surface area contributed by atoms with Crippen LogP contribution in [0.5, 0.6) is 5.75 Å². The van der Waals surface area contributed by atoms with E-state index >= 15 is 0 Å². The van der Waals surface area contributed by atoms with Crippen molar-refractivity contribution in [3.05, 3.63) is 29.8 Å². The molecule has 3 rings (SSSR count). The van der Waals surface area contributed by atoms with E-state index in [0.29, 0.717) is 11.8 Å². The summed E-state index contributed by atoms with van der Waals surface area (Å²) in [5.74, 6) is -0.0137. The van der Waals surface area contributed by atoms with E-state index in [2.05, 4.69) is 5.32 Å². The smallest absolute Gasteiger partial charge is 0.326 e. The number of hydrogen-bond donors (Lipinski definition) is 3. The highest BCUT2D eigenvalue weighted by Crippen LogP contribution is 2.57. The second-order valence-electron chi connectivity index (χ2n) is 6.05. The Morgan fingerprint density at radius 3 is 2.38 bits per heavy atom. The number of amides is 1. The molecule has 2 aliphatic carbocycles. The summed E-state index contributed by atoms with van der Waals surface area (Å²) in [6.45, 7) is 0. The molecule has 0 radical (unpaired) electrons. The molecule has 0 heterocycles. The van der Waals surface area contributed by atoms with E-state index in [-0.39, 0.29) is 24.0 Å². The predicted molar refractivity (Wildman–Crippen MR) is 75.7 cm³/mol. The van der Waals surface area contributed by atoms with Crippen LogP contribution < -0.4 is 5.32 Å². The number of carboxylic acids is 1. The molecular weight excluding hydrogens is 270 g/mol. The zero-order chi connectivity index (χ0) is 15.0. The fourth-order valence-corrected chi connectivity index (χ4v) is 3.55. The van der Waals surface area contributed by atoms with Crippen LogP contribution in [0.15, 0.2) is 24.3 Å². The van der Waals surface area contributed by atoms with Crippen LogP contribution in [0.2, 0.25) is 0 Å². The SMILES string of the molecule is O=C(O)C(Cc1ccc(O)cc1)NC(=O)C1C2CCCC21. The van der Waals surface area contributed by atoms with Crippen molar-refractivity contribution >= 4 is 11.9 Å². The van der Waals surface area contributed by atoms with Gasteiger partial charge in [-0.3, -0.25) is 4.79 Å². The van der Waals surface area contributed by atoms with Crippen LogP contribution in [-0.2, 0) is 16.0 Å². The Morgan fingerprint density at radius 2 is 1.81 bits per heavy atom. The van der Waals surface area contributed by atoms with Crippen molar-refractivity contribution in [1.82, 2.24) is 5.32 Å². The minimum absolute atomic E-state index is 0.0282. The van der Waals surface area contributed by atoms with Crippen LogP contribution in [0.25, 0.3) is 0 Å². The van der Waals surface area contributed by atoms with Gasteiger partial charge in [-0.1, -0.05) is 18.6 Å². The number of carboxylic acid groups (broad SMARTS) is 1. The predicted octanol–water partition coefficient (Wildman–Crippen LogP) is 1.55. The molecule has 112 valence electrons. The zero-order valence-corrected chi connectivity index (χ0v) is 11.7. The number of rotatable bonds is 5. The van der Waals surface area contributed by atoms with Crippen molar-refractivity contribution in [3.8, 4) is 5.75 Å². The van der Waals surface area contributed by atoms with Gasteiger partial charge in [-0.05, 0) is 42.4 Å². The molecule has 5 nitrogen and oxygen atoms in total. The average Bonchev–Trinajstić information content (AvgIpc) is 2.94. The lowest BCUT2D eigenvalue weighted by atomic mass is 10.0. The maximum Gasteiger partial charge on any atom is 0.326 e. The summed E-state index contributed by atoms with van der Waals surface area (Å²) in [6.07, 6.45) is 3.61. The van der Waals surface area contributed by atoms with Crippen molar-refractivity contribution in [2.45, 2.75) is 31.7 Å². The summed E-state index contributed by atoms with van der Waals surface area (Å²) in [5.41, 5.74) is 0.775. The fraction of sp³-hybridized carbons (Fsp3) is 0.500. The first-order valence-electron chi connectivity index (χ1n) is 7.37. The quantitative estimate of drug-likeness (QED) is 0.767. The Bertz CT molecular complexity index is 544. The van der Waals surface area contributed by atoms with Crippen LogP contribution >= 0.6 is 0 Å². The first-order chi connectivity index (χ1) is 10.1. The van der Waals surface area contributed by atoms with E-state index < -0.39 is 12.0 Å². The Labute approximate surface area is 123 Å². The van der Waals surface area contributed by atoms with Crippen LogP contribution in [0, 0.1) is 17.8 Å². The average molecular weight is 289 g/mol. The molecule has 5 heteroatoms. The number of fused-ring (bicyclic) bond motifs is 1. The molecule has 1 aromatic rings. The third kappa shape index (κ3) is 2.86. The standard InChI is InChI=1S/C16H19NO4/c18-10-6-4-9(5-7-10)8-13(16(20)21)17-15(19)14-11-2-1-3-12(11)14/h4-7,11-14,18H,1-3,8H2,(H,17,19)(H,20,21). The van der Waals surface area contributed by atoms with Gasteiger partial charge in [0.15, 0.2) is 0 Å². The number of hydrogen-bond acceptors (Lipinski definition) is 3. The Kier molecular flexibility index (Phi) is 3.57. The Hall–Kier alpha value is -2.04. The van der Waals surface area contributed by atoms with Crippen molar-refractivity contribution < 1.29 is 19.8 Å². The number of carbonyl (C=O) groups excluding carboxylic acids is 1. The van der Waals surface area contributed by atoms with E-state index in [9.17, 15) is 19.8 Å². The Morgan fingerprint density at radius 1 is 1.19 bits per heavy atom. The Balaban J connectivity index is 1.61. The second kappa shape index (κ2) is 5.39. The van der Waals surface area contributed by atoms with Crippen LogP contribution in [0.4, 0.5) is 0 Å². The molecule has 0 aliphatic heterocycles. The van der Waals surface area contributed by atoms with E-state index in [1.54, 1.807) is 12.1 Å². The van der Waals surface area contributed by atoms with Gasteiger partial charge in [0.2, 0.25) is 5.91 Å². The van der Waals surface area contributed by atoms with Crippen LogP contribution in [0.3, 0.4) is 0 Å². The van der Waals surface area contributed by atoms with Crippen molar-refractivity contribution in [3.63, 3.8) is 0 Å². The summed E-state index contributed by atoms with van der Waals surface area (Å²) in [6, 6.07) is 5.46. The largest absolute Gasteiger partial charge is 0.508 e. The maximum absolute atomic E-state index is 12.2. The van der Waals surface area contributed by atoms with Gasteiger partial charge in [0.05, 0.1) is 0 Å². The van der Waals surface area contributed by atoms with Crippen LogP contribution in [-0.4, -0.2) is 28.1 Å². The minimum atomic E-state index is -1.03. The molecule has 2 fully saturated rings. The number of nitrogens with one attached hydrogen (secondary N) is 1. The monoisotopic (exact) mass is 289 g/mol. The molecule has 3 N–H and O–H groups in total. The number of carbonyl (C=O) groups is 2. The summed E-state index contributed by atoms with van der Waals surface area (Å²) >= 11 is 0. The van der Waals surface area contributed by atoms with Gasteiger partial charge in [0.1, 0.15) is 11.8 Å². The van der Waals surface area contributed by atoms with E-state index in [0.717, 1.165) is 18.4 Å². The lowest BCUT2D eigenvalue weighted by Crippen LogP contribution is -2.43. The molecule has 0 saturated heterocycles. The molecular formula is C16H19NO4. The molecule has 1 amide bonds. The van der Waals surface area contributed by atoms with Crippen molar-refractivity contribution in [2.24, 2.45) is 17.8 Å². The first-order valence-corrected chi connectivity index (χ1v) is 7.37. The van der Waals surface area contributed by atoms with Gasteiger partial charge in [-0.15, -0.1) is 0 Å². The number of phenols is 1. The third-order valence-electron chi connectivity index (χ3n) is 4.70. The summed E-state index contributed by atoms with van der Waals surface area (Å²) in [5, 5.41) is 21.2. The van der Waals surface area contributed by atoms with Gasteiger partial charge in [-0.25, -0.2) is 4.79 Å². The van der Waals surface area contributed by atoms with Crippen molar-refractivity contribution in [2.75, 3.05) is 0 Å². The topological polar surface area (TPSA) is 86.6 Å². The molecule has 1 aromatic carbocycles. The molecule has 3 unspecified atom stereocenters. The van der Waals surface area contributed by atoms with Gasteiger partial charge in [0.25, 0.3) is 0 Å². The highest BCUT2D eigenvalue weighted by molar-refractivity contribution is 5.87. The molecule has 2 saturated carbocycles. The molecule has 0 aromatic heterocycles. The molecule has 3 atom stereocenters. The highest BCUT2D eigenvalue weighted by Gasteiger charge is 2.56. The number of phenolic OH excluding ortho intramolecular Hbond substituents is 1. The molecule has 21 heavy (non-hydrogen) atoms. The summed E-state index contributed by atoms with van der Waals surface area (Å²) in [7, 11) is 0.